The number of nitrogens with one attached hydrogen (secondary N) is 1. The van der Waals surface area contributed by atoms with E-state index < -0.39 is 17.6 Å². The zero-order valence-corrected chi connectivity index (χ0v) is 20.1. The molecule has 0 radical (unpaired) electrons. The third kappa shape index (κ3) is 6.03. The summed E-state index contributed by atoms with van der Waals surface area (Å²) < 4.78 is 7.59. The van der Waals surface area contributed by atoms with Crippen LogP contribution in [0.3, 0.4) is 0 Å². The van der Waals surface area contributed by atoms with Gasteiger partial charge in [-0.1, -0.05) is 54.6 Å². The summed E-state index contributed by atoms with van der Waals surface area (Å²) in [5, 5.41) is 13.4. The summed E-state index contributed by atoms with van der Waals surface area (Å²) in [6.45, 7) is 3.65. The molecule has 0 saturated carbocycles. The lowest BCUT2D eigenvalue weighted by molar-refractivity contribution is -0.130. The molecule has 184 valence electrons. The molecule has 2 aromatic carbocycles. The van der Waals surface area contributed by atoms with Gasteiger partial charge in [0.05, 0.1) is 43.1 Å². The number of hydrogen-bond acceptors (Lipinski definition) is 6. The number of Topliss-reactive ketones (excluding diaryl/α,β-unsaturated/α-hetero) is 1. The minimum atomic E-state index is -1.05. The van der Waals surface area contributed by atoms with Gasteiger partial charge < -0.3 is 25.5 Å². The number of benzene rings is 2. The average molecular weight is 477 g/mol. The van der Waals surface area contributed by atoms with Crippen LogP contribution in [0.2, 0.25) is 0 Å². The fourth-order valence-electron chi connectivity index (χ4n) is 4.30. The number of rotatable bonds is 10. The van der Waals surface area contributed by atoms with Crippen LogP contribution in [0.4, 0.5) is 5.82 Å². The normalized spacial score (nSPS) is 18.2. The Labute approximate surface area is 205 Å². The molecule has 3 atom stereocenters. The zero-order chi connectivity index (χ0) is 25.0. The molecule has 0 aliphatic heterocycles. The lowest BCUT2D eigenvalue weighted by atomic mass is 9.91. The van der Waals surface area contributed by atoms with Crippen LogP contribution in [-0.4, -0.2) is 44.6 Å². The maximum Gasteiger partial charge on any atom is 0.231 e. The van der Waals surface area contributed by atoms with Crippen molar-refractivity contribution < 1.29 is 19.4 Å². The minimum Gasteiger partial charge on any atom is -0.390 e. The molecule has 4 rings (SSSR count). The molecular formula is C27H32N4O4. The van der Waals surface area contributed by atoms with E-state index in [9.17, 15) is 14.7 Å². The summed E-state index contributed by atoms with van der Waals surface area (Å²) in [6.07, 6.45) is 3.25. The number of carbonyl (C=O) groups excluding carboxylic acids is 2. The van der Waals surface area contributed by atoms with Crippen molar-refractivity contribution >= 4 is 17.5 Å². The van der Waals surface area contributed by atoms with Crippen molar-refractivity contribution in [2.75, 3.05) is 11.9 Å². The van der Waals surface area contributed by atoms with E-state index in [4.69, 9.17) is 10.5 Å². The molecule has 0 saturated heterocycles. The van der Waals surface area contributed by atoms with Gasteiger partial charge in [0.25, 0.3) is 0 Å². The molecule has 4 N–H and O–H groups in total. The SMILES string of the molecule is CC(C)(N)C(=O)C[C@H](COCc1ccccc1)C(=O)Nc1cn(C2c3ccccc3CC2O)cn1. The van der Waals surface area contributed by atoms with Crippen LogP contribution in [0.25, 0.3) is 0 Å². The average Bonchev–Trinajstić information content (AvgIpc) is 3.41. The number of carbonyl (C=O) groups is 2. The predicted octanol–water partition coefficient (Wildman–Crippen LogP) is 2.86. The molecule has 0 fully saturated rings. The van der Waals surface area contributed by atoms with Gasteiger partial charge in [0, 0.05) is 19.0 Å². The summed E-state index contributed by atoms with van der Waals surface area (Å²) in [7, 11) is 0. The predicted molar refractivity (Wildman–Crippen MR) is 133 cm³/mol. The Kier molecular flexibility index (Phi) is 7.45. The molecule has 3 aromatic rings. The zero-order valence-electron chi connectivity index (χ0n) is 20.1. The molecule has 1 aliphatic carbocycles. The number of anilines is 1. The molecule has 8 nitrogen and oxygen atoms in total. The highest BCUT2D eigenvalue weighted by Crippen LogP contribution is 2.34. The van der Waals surface area contributed by atoms with Crippen LogP contribution in [0.15, 0.2) is 67.1 Å². The fraction of sp³-hybridized carbons (Fsp3) is 0.370. The van der Waals surface area contributed by atoms with Gasteiger partial charge in [0.1, 0.15) is 0 Å². The van der Waals surface area contributed by atoms with Gasteiger partial charge in [-0.05, 0) is 30.5 Å². The van der Waals surface area contributed by atoms with Crippen molar-refractivity contribution in [3.05, 3.63) is 83.8 Å². The van der Waals surface area contributed by atoms with E-state index in [0.29, 0.717) is 18.8 Å². The first-order valence-electron chi connectivity index (χ1n) is 11.8. The summed E-state index contributed by atoms with van der Waals surface area (Å²) in [6, 6.07) is 17.3. The second-order valence-electron chi connectivity index (χ2n) is 9.66. The first kappa shape index (κ1) is 24.8. The number of amides is 1. The molecule has 1 aliphatic rings. The lowest BCUT2D eigenvalue weighted by Gasteiger charge is -2.21. The Balaban J connectivity index is 1.44. The molecule has 1 amide bonds. The first-order valence-corrected chi connectivity index (χ1v) is 11.8. The van der Waals surface area contributed by atoms with Crippen LogP contribution in [0.5, 0.6) is 0 Å². The second-order valence-corrected chi connectivity index (χ2v) is 9.66. The number of nitrogens with zero attached hydrogens (tertiary/aromatic N) is 2. The van der Waals surface area contributed by atoms with E-state index >= 15 is 0 Å². The number of imidazole rings is 1. The number of ether oxygens (including phenoxy) is 1. The quantitative estimate of drug-likeness (QED) is 0.414. The maximum atomic E-state index is 13.1. The second kappa shape index (κ2) is 10.5. The number of hydrogen-bond donors (Lipinski definition) is 3. The molecule has 35 heavy (non-hydrogen) atoms. The highest BCUT2D eigenvalue weighted by Gasteiger charge is 2.33. The minimum absolute atomic E-state index is 0.0421. The van der Waals surface area contributed by atoms with Crippen molar-refractivity contribution in [3.8, 4) is 0 Å². The van der Waals surface area contributed by atoms with Crippen LogP contribution in [-0.2, 0) is 27.4 Å². The summed E-state index contributed by atoms with van der Waals surface area (Å²) in [4.78, 5) is 30.0. The Morgan fingerprint density at radius 3 is 2.66 bits per heavy atom. The number of aromatic nitrogens is 2. The highest BCUT2D eigenvalue weighted by molar-refractivity contribution is 5.96. The first-order chi connectivity index (χ1) is 16.7. The number of aliphatic hydroxyl groups excluding tert-OH is 1. The van der Waals surface area contributed by atoms with Gasteiger partial charge in [0.2, 0.25) is 5.91 Å². The fourth-order valence-corrected chi connectivity index (χ4v) is 4.30. The van der Waals surface area contributed by atoms with Gasteiger partial charge in [-0.25, -0.2) is 4.98 Å². The number of aliphatic hydroxyl groups is 1. The monoisotopic (exact) mass is 476 g/mol. The van der Waals surface area contributed by atoms with Crippen molar-refractivity contribution in [2.45, 2.75) is 51.0 Å². The number of nitrogens with two attached hydrogens (primary N) is 1. The molecule has 1 aromatic heterocycles. The van der Waals surface area contributed by atoms with E-state index in [2.05, 4.69) is 10.3 Å². The van der Waals surface area contributed by atoms with Crippen LogP contribution in [0.1, 0.15) is 43.0 Å². The number of fused-ring (bicyclic) bond motifs is 1. The molecule has 2 unspecified atom stereocenters. The van der Waals surface area contributed by atoms with Gasteiger partial charge in [-0.3, -0.25) is 9.59 Å². The van der Waals surface area contributed by atoms with Crippen LogP contribution < -0.4 is 11.1 Å². The van der Waals surface area contributed by atoms with E-state index in [1.54, 1.807) is 30.9 Å². The Bertz CT molecular complexity index is 1170. The van der Waals surface area contributed by atoms with Crippen molar-refractivity contribution in [3.63, 3.8) is 0 Å². The van der Waals surface area contributed by atoms with Gasteiger partial charge in [-0.15, -0.1) is 0 Å². The van der Waals surface area contributed by atoms with Gasteiger partial charge in [0.15, 0.2) is 11.6 Å². The third-order valence-corrected chi connectivity index (χ3v) is 6.29. The smallest absolute Gasteiger partial charge is 0.231 e. The third-order valence-electron chi connectivity index (χ3n) is 6.29. The van der Waals surface area contributed by atoms with Crippen molar-refractivity contribution in [2.24, 2.45) is 11.7 Å². The largest absolute Gasteiger partial charge is 0.390 e. The topological polar surface area (TPSA) is 119 Å². The standard InChI is InChI=1S/C27H32N4O4/c1-27(2,28)23(33)13-20(16-35-15-18-8-4-3-5-9-18)26(34)30-24-14-31(17-29-24)25-21-11-7-6-10-19(21)12-22(25)32/h3-11,14,17,20,22,25,32H,12-13,15-16,28H2,1-2H3,(H,30,34)/t20-,22?,25?/m1/s1. The molecule has 0 bridgehead atoms. The molecular weight excluding hydrogens is 444 g/mol. The van der Waals surface area contributed by atoms with E-state index in [1.807, 2.05) is 54.6 Å². The Morgan fingerprint density at radius 1 is 1.20 bits per heavy atom. The van der Waals surface area contributed by atoms with E-state index in [0.717, 1.165) is 16.7 Å². The summed E-state index contributed by atoms with van der Waals surface area (Å²) >= 11 is 0. The summed E-state index contributed by atoms with van der Waals surface area (Å²) in [5.41, 5.74) is 8.03. The van der Waals surface area contributed by atoms with Crippen LogP contribution in [0, 0.1) is 5.92 Å². The summed E-state index contributed by atoms with van der Waals surface area (Å²) in [5.74, 6) is -0.971. The maximum absolute atomic E-state index is 13.1. The molecule has 1 heterocycles. The lowest BCUT2D eigenvalue weighted by Crippen LogP contribution is -2.44. The Hall–Kier alpha value is -3.33. The van der Waals surface area contributed by atoms with E-state index in [-0.39, 0.29) is 30.8 Å². The van der Waals surface area contributed by atoms with E-state index in [1.165, 1.54) is 0 Å². The van der Waals surface area contributed by atoms with Crippen LogP contribution >= 0.6 is 0 Å². The highest BCUT2D eigenvalue weighted by atomic mass is 16.5. The van der Waals surface area contributed by atoms with Gasteiger partial charge >= 0.3 is 0 Å². The van der Waals surface area contributed by atoms with Crippen molar-refractivity contribution in [1.29, 1.82) is 0 Å². The number of ketones is 1. The van der Waals surface area contributed by atoms with Gasteiger partial charge in [-0.2, -0.15) is 0 Å². The molecule has 0 spiro atoms. The Morgan fingerprint density at radius 2 is 1.91 bits per heavy atom. The molecule has 8 heteroatoms. The van der Waals surface area contributed by atoms with Crippen molar-refractivity contribution in [1.82, 2.24) is 9.55 Å².